The molecule has 3 nitrogen and oxygen atoms in total. The Bertz CT molecular complexity index is 561. The summed E-state index contributed by atoms with van der Waals surface area (Å²) in [5.74, 6) is 0.429. The van der Waals surface area contributed by atoms with Gasteiger partial charge in [0.15, 0.2) is 0 Å². The van der Waals surface area contributed by atoms with Crippen molar-refractivity contribution in [2.24, 2.45) is 0 Å². The molecule has 1 heterocycles. The lowest BCUT2D eigenvalue weighted by Gasteiger charge is -2.00. The molecule has 2 rings (SSSR count). The Morgan fingerprint density at radius 2 is 1.94 bits per heavy atom. The van der Waals surface area contributed by atoms with Crippen LogP contribution in [0.2, 0.25) is 0 Å². The highest BCUT2D eigenvalue weighted by Gasteiger charge is 2.12. The van der Waals surface area contributed by atoms with Crippen LogP contribution in [0.4, 0.5) is 5.82 Å². The molecule has 0 spiro atoms. The average molecular weight is 276 g/mol. The molecule has 0 saturated heterocycles. The minimum absolute atomic E-state index is 0.429. The number of benzene rings is 1. The lowest BCUT2D eigenvalue weighted by Crippen LogP contribution is -1.87. The van der Waals surface area contributed by atoms with Crippen molar-refractivity contribution in [2.45, 2.75) is 6.92 Å². The van der Waals surface area contributed by atoms with Crippen LogP contribution in [-0.2, 0) is 0 Å². The van der Waals surface area contributed by atoms with Crippen LogP contribution >= 0.6 is 15.9 Å². The van der Waals surface area contributed by atoms with E-state index in [0.717, 1.165) is 21.3 Å². The first kappa shape index (κ1) is 10.8. The highest BCUT2D eigenvalue weighted by atomic mass is 79.9. The molecular formula is C12H10BrN3. The monoisotopic (exact) mass is 275 g/mol. The van der Waals surface area contributed by atoms with Gasteiger partial charge in [0.1, 0.15) is 11.9 Å². The first-order valence-corrected chi connectivity index (χ1v) is 5.57. The lowest BCUT2D eigenvalue weighted by atomic mass is 10.1. The van der Waals surface area contributed by atoms with Gasteiger partial charge in [-0.15, -0.1) is 0 Å². The number of nitrogens with zero attached hydrogens (tertiary/aromatic N) is 1. The number of H-pyrrole nitrogens is 1. The summed E-state index contributed by atoms with van der Waals surface area (Å²) in [4.78, 5) is 3.04. The van der Waals surface area contributed by atoms with Gasteiger partial charge in [0.2, 0.25) is 0 Å². The van der Waals surface area contributed by atoms with Crippen molar-refractivity contribution in [3.05, 3.63) is 39.9 Å². The van der Waals surface area contributed by atoms with E-state index < -0.39 is 0 Å². The first-order valence-electron chi connectivity index (χ1n) is 4.77. The Hall–Kier alpha value is -1.73. The quantitative estimate of drug-likeness (QED) is 0.839. The van der Waals surface area contributed by atoms with Gasteiger partial charge in [-0.3, -0.25) is 0 Å². The molecule has 0 atom stereocenters. The molecule has 16 heavy (non-hydrogen) atoms. The van der Waals surface area contributed by atoms with Gasteiger partial charge in [-0.1, -0.05) is 28.1 Å². The molecule has 1 aromatic carbocycles. The van der Waals surface area contributed by atoms with Gasteiger partial charge in [-0.25, -0.2) is 0 Å². The van der Waals surface area contributed by atoms with Crippen LogP contribution in [0.25, 0.3) is 11.3 Å². The summed E-state index contributed by atoms with van der Waals surface area (Å²) in [5, 5.41) is 8.95. The van der Waals surface area contributed by atoms with Crippen molar-refractivity contribution in [3.63, 3.8) is 0 Å². The van der Waals surface area contributed by atoms with E-state index in [-0.39, 0.29) is 0 Å². The molecule has 0 radical (unpaired) electrons. The topological polar surface area (TPSA) is 65.6 Å². The molecule has 0 bridgehead atoms. The lowest BCUT2D eigenvalue weighted by molar-refractivity contribution is 1.38. The van der Waals surface area contributed by atoms with E-state index >= 15 is 0 Å². The zero-order valence-electron chi connectivity index (χ0n) is 8.71. The van der Waals surface area contributed by atoms with Crippen LogP contribution in [0.3, 0.4) is 0 Å². The number of nitriles is 1. The highest BCUT2D eigenvalue weighted by molar-refractivity contribution is 9.10. The molecule has 4 heteroatoms. The maximum Gasteiger partial charge on any atom is 0.119 e. The number of hydrogen-bond donors (Lipinski definition) is 2. The van der Waals surface area contributed by atoms with Crippen molar-refractivity contribution < 1.29 is 0 Å². The van der Waals surface area contributed by atoms with Crippen LogP contribution < -0.4 is 5.73 Å². The van der Waals surface area contributed by atoms with Gasteiger partial charge >= 0.3 is 0 Å². The molecule has 1 aromatic heterocycles. The van der Waals surface area contributed by atoms with Crippen molar-refractivity contribution in [3.8, 4) is 17.3 Å². The largest absolute Gasteiger partial charge is 0.384 e. The molecule has 0 aliphatic rings. The van der Waals surface area contributed by atoms with Crippen LogP contribution in [-0.4, -0.2) is 4.98 Å². The Labute approximate surface area is 102 Å². The van der Waals surface area contributed by atoms with Crippen molar-refractivity contribution in [2.75, 3.05) is 5.73 Å². The fraction of sp³-hybridized carbons (Fsp3) is 0.0833. The summed E-state index contributed by atoms with van der Waals surface area (Å²) in [5.41, 5.74) is 9.08. The van der Waals surface area contributed by atoms with E-state index in [1.165, 1.54) is 0 Å². The Morgan fingerprint density at radius 3 is 2.44 bits per heavy atom. The normalized spacial score (nSPS) is 10.1. The molecule has 0 unspecified atom stereocenters. The maximum absolute atomic E-state index is 8.95. The number of rotatable bonds is 1. The molecule has 0 aliphatic heterocycles. The molecule has 0 aliphatic carbocycles. The average Bonchev–Trinajstić information content (AvgIpc) is 2.55. The summed E-state index contributed by atoms with van der Waals surface area (Å²) in [6, 6.07) is 9.96. The molecule has 0 saturated carbocycles. The molecular weight excluding hydrogens is 266 g/mol. The summed E-state index contributed by atoms with van der Waals surface area (Å²) in [7, 11) is 0. The van der Waals surface area contributed by atoms with Gasteiger partial charge in [-0.05, 0) is 30.2 Å². The zero-order chi connectivity index (χ0) is 11.7. The fourth-order valence-corrected chi connectivity index (χ4v) is 1.93. The number of nitrogens with two attached hydrogens (primary N) is 1. The highest BCUT2D eigenvalue weighted by Crippen LogP contribution is 2.29. The Morgan fingerprint density at radius 1 is 1.31 bits per heavy atom. The second-order valence-corrected chi connectivity index (χ2v) is 4.45. The number of nitrogens with one attached hydrogen (secondary N) is 1. The predicted molar refractivity (Wildman–Crippen MR) is 67.8 cm³/mol. The second-order valence-electron chi connectivity index (χ2n) is 3.53. The van der Waals surface area contributed by atoms with Crippen molar-refractivity contribution in [1.82, 2.24) is 4.98 Å². The van der Waals surface area contributed by atoms with Crippen molar-refractivity contribution in [1.29, 1.82) is 5.26 Å². The van der Waals surface area contributed by atoms with Crippen LogP contribution in [0.15, 0.2) is 28.7 Å². The summed E-state index contributed by atoms with van der Waals surface area (Å²) >= 11 is 3.38. The fourth-order valence-electron chi connectivity index (χ4n) is 1.67. The molecule has 0 fully saturated rings. The van der Waals surface area contributed by atoms with Gasteiger partial charge in [0.05, 0.1) is 11.3 Å². The summed E-state index contributed by atoms with van der Waals surface area (Å²) < 4.78 is 1.02. The standard InChI is InChI=1S/C12H10BrN3/c1-7-10(6-14)12(15)16-11(7)8-2-4-9(13)5-3-8/h2-5,16H,15H2,1H3. The third-order valence-corrected chi connectivity index (χ3v) is 3.05. The van der Waals surface area contributed by atoms with E-state index in [0.29, 0.717) is 11.4 Å². The molecule has 3 N–H and O–H groups in total. The zero-order valence-corrected chi connectivity index (χ0v) is 10.3. The van der Waals surface area contributed by atoms with Gasteiger partial charge in [0, 0.05) is 4.47 Å². The smallest absolute Gasteiger partial charge is 0.119 e. The number of aromatic nitrogens is 1. The van der Waals surface area contributed by atoms with Gasteiger partial charge in [0.25, 0.3) is 0 Å². The Kier molecular flexibility index (Phi) is 2.71. The molecule has 0 amide bonds. The van der Waals surface area contributed by atoms with Crippen LogP contribution in [0.1, 0.15) is 11.1 Å². The Balaban J connectivity index is 2.58. The van der Waals surface area contributed by atoms with E-state index in [1.54, 1.807) is 0 Å². The minimum atomic E-state index is 0.429. The maximum atomic E-state index is 8.95. The van der Waals surface area contributed by atoms with E-state index in [4.69, 9.17) is 11.0 Å². The summed E-state index contributed by atoms with van der Waals surface area (Å²) in [6.45, 7) is 1.89. The SMILES string of the molecule is Cc1c(-c2ccc(Br)cc2)[nH]c(N)c1C#N. The van der Waals surface area contributed by atoms with Crippen LogP contribution in [0.5, 0.6) is 0 Å². The first-order chi connectivity index (χ1) is 7.63. The van der Waals surface area contributed by atoms with E-state index in [1.807, 2.05) is 31.2 Å². The summed E-state index contributed by atoms with van der Waals surface area (Å²) in [6.07, 6.45) is 0. The third-order valence-electron chi connectivity index (χ3n) is 2.52. The minimum Gasteiger partial charge on any atom is -0.384 e. The molecule has 2 aromatic rings. The van der Waals surface area contributed by atoms with E-state index in [2.05, 4.69) is 27.0 Å². The van der Waals surface area contributed by atoms with Gasteiger partial charge < -0.3 is 10.7 Å². The number of aromatic amines is 1. The predicted octanol–water partition coefficient (Wildman–Crippen LogP) is 3.21. The number of anilines is 1. The third kappa shape index (κ3) is 1.70. The van der Waals surface area contributed by atoms with Gasteiger partial charge in [-0.2, -0.15) is 5.26 Å². The molecule has 80 valence electrons. The van der Waals surface area contributed by atoms with Crippen molar-refractivity contribution >= 4 is 21.7 Å². The van der Waals surface area contributed by atoms with E-state index in [9.17, 15) is 0 Å². The number of halogens is 1. The van der Waals surface area contributed by atoms with Crippen LogP contribution in [0, 0.1) is 18.3 Å². The number of hydrogen-bond acceptors (Lipinski definition) is 2. The number of nitrogen functional groups attached to an aromatic ring is 1. The second kappa shape index (κ2) is 4.03.